The van der Waals surface area contributed by atoms with Gasteiger partial charge in [-0.2, -0.15) is 0 Å². The molecule has 0 fully saturated rings. The number of carbonyl (C=O) groups is 3. The van der Waals surface area contributed by atoms with Crippen molar-refractivity contribution in [2.45, 2.75) is 129 Å². The van der Waals surface area contributed by atoms with Gasteiger partial charge in [0, 0.05) is 19.3 Å². The molecule has 8 nitrogen and oxygen atoms in total. The Balaban J connectivity index is 4.53. The van der Waals surface area contributed by atoms with Gasteiger partial charge in [-0.15, -0.1) is 0 Å². The summed E-state index contributed by atoms with van der Waals surface area (Å²) in [6, 6.07) is -0.634. The summed E-state index contributed by atoms with van der Waals surface area (Å²) in [6.45, 7) is 4.36. The molecular formula is C45H72NO7+. The van der Waals surface area contributed by atoms with Crippen LogP contribution in [0.5, 0.6) is 0 Å². The Morgan fingerprint density at radius 2 is 1.00 bits per heavy atom. The van der Waals surface area contributed by atoms with E-state index in [1.54, 1.807) is 0 Å². The van der Waals surface area contributed by atoms with Crippen LogP contribution >= 0.6 is 0 Å². The Hall–Kier alpha value is -3.75. The van der Waals surface area contributed by atoms with Crippen molar-refractivity contribution >= 4 is 17.9 Å². The molecule has 2 atom stereocenters. The second kappa shape index (κ2) is 35.3. The van der Waals surface area contributed by atoms with Gasteiger partial charge in [0.25, 0.3) is 0 Å². The summed E-state index contributed by atoms with van der Waals surface area (Å²) in [4.78, 5) is 36.7. The Labute approximate surface area is 322 Å². The maximum atomic E-state index is 12.6. The Morgan fingerprint density at radius 3 is 1.45 bits per heavy atom. The van der Waals surface area contributed by atoms with E-state index in [9.17, 15) is 19.5 Å². The largest absolute Gasteiger partial charge is 0.477 e. The molecule has 0 radical (unpaired) electrons. The number of hydrogen-bond donors (Lipinski definition) is 1. The third-order valence-electron chi connectivity index (χ3n) is 7.98. The molecule has 8 heteroatoms. The van der Waals surface area contributed by atoms with Crippen LogP contribution in [0.25, 0.3) is 0 Å². The van der Waals surface area contributed by atoms with Crippen molar-refractivity contribution in [3.05, 3.63) is 97.2 Å². The van der Waals surface area contributed by atoms with Crippen molar-refractivity contribution in [2.75, 3.05) is 41.0 Å². The van der Waals surface area contributed by atoms with Crippen molar-refractivity contribution in [1.29, 1.82) is 0 Å². The summed E-state index contributed by atoms with van der Waals surface area (Å²) in [6.07, 6.45) is 46.2. The zero-order valence-electron chi connectivity index (χ0n) is 33.7. The van der Waals surface area contributed by atoms with Crippen LogP contribution in [0, 0.1) is 0 Å². The molecule has 0 spiro atoms. The lowest BCUT2D eigenvalue weighted by Gasteiger charge is -2.31. The molecule has 0 aliphatic heterocycles. The van der Waals surface area contributed by atoms with E-state index in [0.717, 1.165) is 70.6 Å². The number of carbonyl (C=O) groups excluding carboxylic acids is 2. The summed E-state index contributed by atoms with van der Waals surface area (Å²) in [5.41, 5.74) is 0. The van der Waals surface area contributed by atoms with Gasteiger partial charge in [-0.25, -0.2) is 4.79 Å². The number of carboxylic acids is 1. The Kier molecular flexibility index (Phi) is 32.8. The molecule has 0 saturated carbocycles. The van der Waals surface area contributed by atoms with E-state index in [2.05, 4.69) is 111 Å². The maximum absolute atomic E-state index is 12.6. The number of esters is 2. The molecule has 0 amide bonds. The van der Waals surface area contributed by atoms with Crippen molar-refractivity contribution in [3.63, 3.8) is 0 Å². The standard InChI is InChI=1S/C45H71NO7/c1-6-8-10-12-14-16-17-18-19-20-21-22-23-24-25-26-28-30-32-34-36-44(48)53-41(39-51-38-37-42(45(49)50)46(3,4)5)40-52-43(47)35-33-31-29-27-15-13-11-9-7-2/h8-11,14-16,18-19,21-22,24-25,27-28,30,41-42H,6-7,12-13,17,20,23,26,29,31-40H2,1-5H3/p+1/b10-8+,11-9+,16-14+,19-18+,22-21+,25-24+,27-15+,30-28+. The number of ether oxygens (including phenoxy) is 3. The highest BCUT2D eigenvalue weighted by molar-refractivity contribution is 5.72. The fourth-order valence-electron chi connectivity index (χ4n) is 4.96. The fraction of sp³-hybridized carbons (Fsp3) is 0.578. The number of allylic oxidation sites excluding steroid dienone is 16. The minimum atomic E-state index is -0.895. The molecular weight excluding hydrogens is 666 g/mol. The normalized spacial score (nSPS) is 14.1. The third kappa shape index (κ3) is 33.8. The summed E-state index contributed by atoms with van der Waals surface area (Å²) in [5, 5.41) is 9.58. The molecule has 0 aliphatic carbocycles. The van der Waals surface area contributed by atoms with E-state index in [1.165, 1.54) is 0 Å². The van der Waals surface area contributed by atoms with E-state index >= 15 is 0 Å². The second-order valence-electron chi connectivity index (χ2n) is 13.8. The topological polar surface area (TPSA) is 99.1 Å². The quantitative estimate of drug-likeness (QED) is 0.0310. The van der Waals surface area contributed by atoms with E-state index in [-0.39, 0.29) is 42.7 Å². The van der Waals surface area contributed by atoms with Gasteiger partial charge in [0.05, 0.1) is 34.4 Å². The van der Waals surface area contributed by atoms with E-state index in [1.807, 2.05) is 21.1 Å². The highest BCUT2D eigenvalue weighted by Gasteiger charge is 2.31. The second-order valence-corrected chi connectivity index (χ2v) is 13.8. The monoisotopic (exact) mass is 739 g/mol. The number of likely N-dealkylation sites (N-methyl/N-ethyl adjacent to an activating group) is 1. The van der Waals surface area contributed by atoms with E-state index in [4.69, 9.17) is 14.2 Å². The highest BCUT2D eigenvalue weighted by atomic mass is 16.6. The van der Waals surface area contributed by atoms with Crippen molar-refractivity contribution in [2.24, 2.45) is 0 Å². The fourth-order valence-corrected chi connectivity index (χ4v) is 4.96. The van der Waals surface area contributed by atoms with Gasteiger partial charge in [0.15, 0.2) is 12.1 Å². The van der Waals surface area contributed by atoms with Crippen LogP contribution in [0.2, 0.25) is 0 Å². The molecule has 53 heavy (non-hydrogen) atoms. The first-order valence-electron chi connectivity index (χ1n) is 19.8. The zero-order chi connectivity index (χ0) is 39.3. The molecule has 2 unspecified atom stereocenters. The number of carboxylic acid groups (broad SMARTS) is 1. The number of quaternary nitrogens is 1. The summed E-state index contributed by atoms with van der Waals surface area (Å²) >= 11 is 0. The van der Waals surface area contributed by atoms with Gasteiger partial charge < -0.3 is 23.8 Å². The molecule has 0 aromatic carbocycles. The van der Waals surface area contributed by atoms with Crippen molar-refractivity contribution < 1.29 is 38.2 Å². The first-order valence-corrected chi connectivity index (χ1v) is 19.8. The molecule has 0 rings (SSSR count). The van der Waals surface area contributed by atoms with Gasteiger partial charge in [-0.3, -0.25) is 9.59 Å². The van der Waals surface area contributed by atoms with Crippen LogP contribution in [0.4, 0.5) is 0 Å². The van der Waals surface area contributed by atoms with E-state index in [0.29, 0.717) is 25.7 Å². The van der Waals surface area contributed by atoms with Crippen LogP contribution in [-0.2, 0) is 28.6 Å². The maximum Gasteiger partial charge on any atom is 0.362 e. The van der Waals surface area contributed by atoms with Crippen molar-refractivity contribution in [1.82, 2.24) is 0 Å². The average molecular weight is 739 g/mol. The number of aliphatic carboxylic acids is 1. The van der Waals surface area contributed by atoms with Crippen LogP contribution in [0.3, 0.4) is 0 Å². The number of nitrogens with zero attached hydrogens (tertiary/aromatic N) is 1. The third-order valence-corrected chi connectivity index (χ3v) is 7.98. The molecule has 298 valence electrons. The molecule has 0 heterocycles. The average Bonchev–Trinajstić information content (AvgIpc) is 3.11. The molecule has 0 saturated heterocycles. The van der Waals surface area contributed by atoms with Crippen LogP contribution in [0.1, 0.15) is 117 Å². The number of rotatable bonds is 33. The molecule has 1 N–H and O–H groups in total. The Bertz CT molecular complexity index is 1180. The minimum Gasteiger partial charge on any atom is -0.477 e. The zero-order valence-corrected chi connectivity index (χ0v) is 33.7. The smallest absolute Gasteiger partial charge is 0.362 e. The van der Waals surface area contributed by atoms with E-state index < -0.39 is 18.1 Å². The molecule has 0 aromatic heterocycles. The van der Waals surface area contributed by atoms with Gasteiger partial charge in [0.1, 0.15) is 6.61 Å². The van der Waals surface area contributed by atoms with Crippen LogP contribution in [0.15, 0.2) is 97.2 Å². The lowest BCUT2D eigenvalue weighted by molar-refractivity contribution is -0.887. The SMILES string of the molecule is CC/C=C/C/C=C/C/C=C/C/C=C/C/C=C/C/C=C/CCCC(=O)OC(COCCC(C(=O)O)[N+](C)(C)C)COC(=O)CCCC/C=C/C/C=C/CC. The summed E-state index contributed by atoms with van der Waals surface area (Å²) in [5.74, 6) is -1.61. The molecule has 0 bridgehead atoms. The lowest BCUT2D eigenvalue weighted by atomic mass is 10.1. The highest BCUT2D eigenvalue weighted by Crippen LogP contribution is 2.10. The minimum absolute atomic E-state index is 0.0208. The predicted octanol–water partition coefficient (Wildman–Crippen LogP) is 10.3. The van der Waals surface area contributed by atoms with Gasteiger partial charge >= 0.3 is 17.9 Å². The van der Waals surface area contributed by atoms with Crippen LogP contribution in [-0.4, -0.2) is 80.6 Å². The molecule has 0 aliphatic rings. The predicted molar refractivity (Wildman–Crippen MR) is 219 cm³/mol. The Morgan fingerprint density at radius 1 is 0.566 bits per heavy atom. The summed E-state index contributed by atoms with van der Waals surface area (Å²) in [7, 11) is 5.47. The number of unbranched alkanes of at least 4 members (excludes halogenated alkanes) is 3. The number of hydrogen-bond acceptors (Lipinski definition) is 6. The first kappa shape index (κ1) is 49.2. The lowest BCUT2D eigenvalue weighted by Crippen LogP contribution is -2.50. The van der Waals surface area contributed by atoms with Crippen LogP contribution < -0.4 is 0 Å². The van der Waals surface area contributed by atoms with Crippen molar-refractivity contribution in [3.8, 4) is 0 Å². The van der Waals surface area contributed by atoms with Gasteiger partial charge in [0.2, 0.25) is 0 Å². The van der Waals surface area contributed by atoms with Gasteiger partial charge in [-0.1, -0.05) is 111 Å². The molecule has 0 aromatic rings. The summed E-state index contributed by atoms with van der Waals surface area (Å²) < 4.78 is 17.1. The first-order chi connectivity index (χ1) is 25.6. The van der Waals surface area contributed by atoms with Gasteiger partial charge in [-0.05, 0) is 83.5 Å².